The van der Waals surface area contributed by atoms with Crippen molar-refractivity contribution in [3.63, 3.8) is 0 Å². The van der Waals surface area contributed by atoms with Crippen molar-refractivity contribution >= 4 is 46.4 Å². The number of hydrogen-bond acceptors (Lipinski definition) is 3. The second-order valence-electron chi connectivity index (χ2n) is 6.75. The van der Waals surface area contributed by atoms with Gasteiger partial charge in [-0.25, -0.2) is 0 Å². The Bertz CT molecular complexity index is 820. The lowest BCUT2D eigenvalue weighted by Crippen LogP contribution is -2.48. The monoisotopic (exact) mass is 425 g/mol. The number of amides is 1. The number of benzene rings is 2. The molecule has 1 heterocycles. The van der Waals surface area contributed by atoms with Crippen LogP contribution >= 0.6 is 34.8 Å². The highest BCUT2D eigenvalue weighted by Crippen LogP contribution is 2.24. The molecule has 2 aromatic rings. The molecule has 0 aromatic heterocycles. The van der Waals surface area contributed by atoms with Crippen molar-refractivity contribution in [3.05, 3.63) is 62.6 Å². The predicted octanol–water partition coefficient (Wildman–Crippen LogP) is 4.71. The van der Waals surface area contributed by atoms with Gasteiger partial charge < -0.3 is 5.32 Å². The molecule has 1 N–H and O–H groups in total. The number of hydrogen-bond donors (Lipinski definition) is 1. The molecule has 0 aliphatic carbocycles. The third-order valence-corrected chi connectivity index (χ3v) is 5.78. The number of carbonyl (C=O) groups excluding carboxylic acids is 1. The minimum absolute atomic E-state index is 0.0189. The van der Waals surface area contributed by atoms with Gasteiger partial charge in [0.2, 0.25) is 5.91 Å². The highest BCUT2D eigenvalue weighted by atomic mass is 35.5. The van der Waals surface area contributed by atoms with Crippen LogP contribution in [0.25, 0.3) is 0 Å². The Morgan fingerprint density at radius 1 is 1.00 bits per heavy atom. The van der Waals surface area contributed by atoms with Crippen molar-refractivity contribution in [1.29, 1.82) is 0 Å². The number of rotatable bonds is 5. The third-order valence-electron chi connectivity index (χ3n) is 4.78. The number of nitrogens with zero attached hydrogens (tertiary/aromatic N) is 2. The first-order chi connectivity index (χ1) is 12.9. The van der Waals surface area contributed by atoms with Crippen molar-refractivity contribution in [1.82, 2.24) is 9.80 Å². The van der Waals surface area contributed by atoms with Gasteiger partial charge in [0, 0.05) is 53.5 Å². The van der Waals surface area contributed by atoms with E-state index in [9.17, 15) is 4.79 Å². The Morgan fingerprint density at radius 3 is 2.41 bits per heavy atom. The molecule has 1 amide bonds. The number of nitrogens with one attached hydrogen (secondary N) is 1. The van der Waals surface area contributed by atoms with Crippen molar-refractivity contribution in [2.45, 2.75) is 13.5 Å². The summed E-state index contributed by atoms with van der Waals surface area (Å²) in [5, 5.41) is 4.95. The molecule has 1 aliphatic heterocycles. The first-order valence-electron chi connectivity index (χ1n) is 8.86. The van der Waals surface area contributed by atoms with Gasteiger partial charge in [-0.2, -0.15) is 0 Å². The maximum atomic E-state index is 12.4. The van der Waals surface area contributed by atoms with E-state index in [1.165, 1.54) is 0 Å². The maximum absolute atomic E-state index is 12.4. The lowest BCUT2D eigenvalue weighted by molar-refractivity contribution is -0.117. The minimum atomic E-state index is -0.0189. The quantitative estimate of drug-likeness (QED) is 0.752. The summed E-state index contributed by atoms with van der Waals surface area (Å²) in [7, 11) is 0. The van der Waals surface area contributed by atoms with E-state index in [1.54, 1.807) is 6.07 Å². The van der Waals surface area contributed by atoms with Gasteiger partial charge in [-0.05, 0) is 42.3 Å². The van der Waals surface area contributed by atoms with Crippen LogP contribution in [-0.2, 0) is 11.3 Å². The molecular weight excluding hydrogens is 405 g/mol. The van der Waals surface area contributed by atoms with E-state index in [0.29, 0.717) is 21.6 Å². The molecule has 144 valence electrons. The summed E-state index contributed by atoms with van der Waals surface area (Å²) in [6.07, 6.45) is 0. The topological polar surface area (TPSA) is 35.6 Å². The highest BCUT2D eigenvalue weighted by molar-refractivity contribution is 6.35. The number of anilines is 1. The summed E-state index contributed by atoms with van der Waals surface area (Å²) in [4.78, 5) is 16.9. The van der Waals surface area contributed by atoms with Crippen LogP contribution in [0.5, 0.6) is 0 Å². The number of halogens is 3. The van der Waals surface area contributed by atoms with E-state index in [0.717, 1.165) is 49.5 Å². The molecule has 0 atom stereocenters. The van der Waals surface area contributed by atoms with Crippen molar-refractivity contribution in [2.75, 3.05) is 38.0 Å². The van der Waals surface area contributed by atoms with Crippen molar-refractivity contribution < 1.29 is 4.79 Å². The summed E-state index contributed by atoms with van der Waals surface area (Å²) in [6, 6.07) is 11.1. The van der Waals surface area contributed by atoms with Gasteiger partial charge in [0.15, 0.2) is 0 Å². The van der Waals surface area contributed by atoms with Crippen LogP contribution in [0.4, 0.5) is 5.69 Å². The van der Waals surface area contributed by atoms with E-state index in [1.807, 2.05) is 37.3 Å². The fraction of sp³-hybridized carbons (Fsp3) is 0.350. The van der Waals surface area contributed by atoms with Crippen molar-refractivity contribution in [3.8, 4) is 0 Å². The smallest absolute Gasteiger partial charge is 0.238 e. The average Bonchev–Trinajstić information content (AvgIpc) is 2.63. The molecule has 1 saturated heterocycles. The standard InChI is InChI=1S/C20H22Cl3N3O/c1-14-17(22)3-2-4-19(14)24-20(27)13-26-9-7-25(8-10-26)12-15-5-6-16(21)11-18(15)23/h2-6,11H,7-10,12-13H2,1H3,(H,24,27). The molecule has 1 fully saturated rings. The lowest BCUT2D eigenvalue weighted by atomic mass is 10.2. The highest BCUT2D eigenvalue weighted by Gasteiger charge is 2.20. The van der Waals surface area contributed by atoms with E-state index in [-0.39, 0.29) is 5.91 Å². The van der Waals surface area contributed by atoms with Gasteiger partial charge in [0.05, 0.1) is 6.54 Å². The SMILES string of the molecule is Cc1c(Cl)cccc1NC(=O)CN1CCN(Cc2ccc(Cl)cc2Cl)CC1. The molecule has 7 heteroatoms. The van der Waals surface area contributed by atoms with Crippen LogP contribution in [0, 0.1) is 6.92 Å². The van der Waals surface area contributed by atoms with Gasteiger partial charge in [0.25, 0.3) is 0 Å². The normalized spacial score (nSPS) is 15.7. The van der Waals surface area contributed by atoms with Crippen molar-refractivity contribution in [2.24, 2.45) is 0 Å². The van der Waals surface area contributed by atoms with E-state index in [2.05, 4.69) is 15.1 Å². The zero-order valence-electron chi connectivity index (χ0n) is 15.1. The molecule has 0 radical (unpaired) electrons. The summed E-state index contributed by atoms with van der Waals surface area (Å²) in [5.41, 5.74) is 2.73. The fourth-order valence-electron chi connectivity index (χ4n) is 3.13. The fourth-order valence-corrected chi connectivity index (χ4v) is 3.77. The Hall–Kier alpha value is -1.30. The molecule has 0 bridgehead atoms. The first-order valence-corrected chi connectivity index (χ1v) is 9.99. The van der Waals surface area contributed by atoms with Crippen LogP contribution in [0.1, 0.15) is 11.1 Å². The molecule has 4 nitrogen and oxygen atoms in total. The first kappa shape index (κ1) is 20.4. The van der Waals surface area contributed by atoms with Crippen LogP contribution in [0.2, 0.25) is 15.1 Å². The Balaban J connectivity index is 1.47. The predicted molar refractivity (Wildman–Crippen MR) is 113 cm³/mol. The Kier molecular flexibility index (Phi) is 7.01. The third kappa shape index (κ3) is 5.59. The van der Waals surface area contributed by atoms with Crippen LogP contribution < -0.4 is 5.32 Å². The van der Waals surface area contributed by atoms with Gasteiger partial charge in [-0.3, -0.25) is 14.6 Å². The molecule has 2 aromatic carbocycles. The van der Waals surface area contributed by atoms with Crippen LogP contribution in [0.3, 0.4) is 0 Å². The Morgan fingerprint density at radius 2 is 1.70 bits per heavy atom. The van der Waals surface area contributed by atoms with Gasteiger partial charge in [-0.15, -0.1) is 0 Å². The van der Waals surface area contributed by atoms with Gasteiger partial charge in [-0.1, -0.05) is 46.9 Å². The molecule has 0 unspecified atom stereocenters. The molecule has 0 spiro atoms. The van der Waals surface area contributed by atoms with E-state index >= 15 is 0 Å². The Labute approximate surface area is 175 Å². The zero-order valence-corrected chi connectivity index (χ0v) is 17.4. The minimum Gasteiger partial charge on any atom is -0.325 e. The number of carbonyl (C=O) groups is 1. The second-order valence-corrected chi connectivity index (χ2v) is 8.00. The summed E-state index contributed by atoms with van der Waals surface area (Å²) < 4.78 is 0. The maximum Gasteiger partial charge on any atom is 0.238 e. The summed E-state index contributed by atoms with van der Waals surface area (Å²) >= 11 is 18.3. The van der Waals surface area contributed by atoms with E-state index < -0.39 is 0 Å². The van der Waals surface area contributed by atoms with Gasteiger partial charge in [0.1, 0.15) is 0 Å². The lowest BCUT2D eigenvalue weighted by Gasteiger charge is -2.34. The van der Waals surface area contributed by atoms with Gasteiger partial charge >= 0.3 is 0 Å². The number of piperazine rings is 1. The molecule has 0 saturated carbocycles. The van der Waals surface area contributed by atoms with Crippen LogP contribution in [-0.4, -0.2) is 48.4 Å². The molecular formula is C20H22Cl3N3O. The molecule has 27 heavy (non-hydrogen) atoms. The molecule has 3 rings (SSSR count). The summed E-state index contributed by atoms with van der Waals surface area (Å²) in [6.45, 7) is 6.53. The molecule has 1 aliphatic rings. The summed E-state index contributed by atoms with van der Waals surface area (Å²) in [5.74, 6) is -0.0189. The van der Waals surface area contributed by atoms with E-state index in [4.69, 9.17) is 34.8 Å². The zero-order chi connectivity index (χ0) is 19.4. The second kappa shape index (κ2) is 9.26. The van der Waals surface area contributed by atoms with Crippen LogP contribution in [0.15, 0.2) is 36.4 Å². The average molecular weight is 427 g/mol. The largest absolute Gasteiger partial charge is 0.325 e.